The Bertz CT molecular complexity index is 342. The molecule has 0 amide bonds. The summed E-state index contributed by atoms with van der Waals surface area (Å²) in [6.45, 7) is 1.19. The van der Waals surface area contributed by atoms with Crippen LogP contribution in [0.5, 0.6) is 0 Å². The molecule has 0 aliphatic carbocycles. The molecule has 0 radical (unpaired) electrons. The molecular weight excluding hydrogens is 276 g/mol. The summed E-state index contributed by atoms with van der Waals surface area (Å²) in [4.78, 5) is 2.32. The maximum atomic E-state index is 3.59. The Kier molecular flexibility index (Phi) is 4.60. The molecule has 17 heavy (non-hydrogen) atoms. The second-order valence-electron chi connectivity index (χ2n) is 5.06. The highest BCUT2D eigenvalue weighted by molar-refractivity contribution is 9.10. The third-order valence-corrected chi connectivity index (χ3v) is 4.08. The van der Waals surface area contributed by atoms with E-state index in [0.29, 0.717) is 12.1 Å². The van der Waals surface area contributed by atoms with Gasteiger partial charge in [0.2, 0.25) is 0 Å². The Hall–Kier alpha value is -0.380. The summed E-state index contributed by atoms with van der Waals surface area (Å²) in [5, 5.41) is 3.59. The van der Waals surface area contributed by atoms with E-state index in [-0.39, 0.29) is 0 Å². The molecule has 1 aliphatic heterocycles. The normalized spacial score (nSPS) is 22.0. The molecule has 3 heteroatoms. The average molecular weight is 297 g/mol. The number of nitrogens with zero attached hydrogens (tertiary/aromatic N) is 1. The maximum Gasteiger partial charge on any atom is 0.0356 e. The lowest BCUT2D eigenvalue weighted by molar-refractivity contribution is 0.263. The third kappa shape index (κ3) is 3.54. The smallest absolute Gasteiger partial charge is 0.0356 e. The zero-order valence-corrected chi connectivity index (χ0v) is 12.2. The van der Waals surface area contributed by atoms with E-state index in [1.54, 1.807) is 0 Å². The van der Waals surface area contributed by atoms with Crippen molar-refractivity contribution in [3.05, 3.63) is 34.3 Å². The molecule has 0 spiro atoms. The van der Waals surface area contributed by atoms with Crippen LogP contribution in [0.2, 0.25) is 0 Å². The van der Waals surface area contributed by atoms with Gasteiger partial charge in [-0.2, -0.15) is 0 Å². The summed E-state index contributed by atoms with van der Waals surface area (Å²) in [7, 11) is 4.34. The summed E-state index contributed by atoms with van der Waals surface area (Å²) in [5.74, 6) is 0. The second kappa shape index (κ2) is 5.98. The summed E-state index contributed by atoms with van der Waals surface area (Å²) in [6.07, 6.45) is 3.85. The fourth-order valence-corrected chi connectivity index (χ4v) is 2.82. The first-order valence-corrected chi connectivity index (χ1v) is 7.11. The number of benzene rings is 1. The van der Waals surface area contributed by atoms with Gasteiger partial charge >= 0.3 is 0 Å². The molecule has 0 saturated carbocycles. The molecular formula is C14H21BrN2. The molecule has 0 aromatic heterocycles. The van der Waals surface area contributed by atoms with E-state index in [1.807, 2.05) is 0 Å². The fraction of sp³-hybridized carbons (Fsp3) is 0.571. The van der Waals surface area contributed by atoms with Gasteiger partial charge in [-0.15, -0.1) is 0 Å². The molecule has 1 N–H and O–H groups in total. The lowest BCUT2D eigenvalue weighted by Gasteiger charge is -2.27. The zero-order chi connectivity index (χ0) is 12.3. The Morgan fingerprint density at radius 3 is 2.59 bits per heavy atom. The van der Waals surface area contributed by atoms with Crippen LogP contribution in [-0.2, 0) is 0 Å². The predicted octanol–water partition coefficient (Wildman–Crippen LogP) is 3.19. The monoisotopic (exact) mass is 296 g/mol. The van der Waals surface area contributed by atoms with Crippen LogP contribution in [0.1, 0.15) is 30.9 Å². The summed E-state index contributed by atoms with van der Waals surface area (Å²) < 4.78 is 1.15. The number of hydrogen-bond acceptors (Lipinski definition) is 2. The molecule has 1 aromatic rings. The summed E-state index contributed by atoms with van der Waals surface area (Å²) in [5.41, 5.74) is 1.41. The Labute approximate surface area is 113 Å². The van der Waals surface area contributed by atoms with Gasteiger partial charge in [-0.05, 0) is 57.6 Å². The van der Waals surface area contributed by atoms with Crippen LogP contribution in [0, 0.1) is 0 Å². The number of rotatable bonds is 4. The number of hydrogen-bond donors (Lipinski definition) is 1. The zero-order valence-electron chi connectivity index (χ0n) is 10.6. The van der Waals surface area contributed by atoms with Gasteiger partial charge in [-0.1, -0.05) is 28.1 Å². The molecule has 1 aliphatic rings. The minimum Gasteiger partial charge on any atom is -0.314 e. The maximum absolute atomic E-state index is 3.59. The van der Waals surface area contributed by atoms with Crippen molar-refractivity contribution in [2.45, 2.75) is 31.3 Å². The van der Waals surface area contributed by atoms with E-state index in [4.69, 9.17) is 0 Å². The van der Waals surface area contributed by atoms with Crippen LogP contribution >= 0.6 is 15.9 Å². The SMILES string of the molecule is CN(C)C(CC1CCCN1)c1ccc(Br)cc1. The Morgan fingerprint density at radius 1 is 1.35 bits per heavy atom. The van der Waals surface area contributed by atoms with Gasteiger partial charge in [0.05, 0.1) is 0 Å². The highest BCUT2D eigenvalue weighted by Crippen LogP contribution is 2.27. The highest BCUT2D eigenvalue weighted by Gasteiger charge is 2.22. The molecule has 2 atom stereocenters. The molecule has 2 nitrogen and oxygen atoms in total. The lowest BCUT2D eigenvalue weighted by atomic mass is 9.97. The minimum atomic E-state index is 0.513. The van der Waals surface area contributed by atoms with Crippen molar-refractivity contribution in [1.82, 2.24) is 10.2 Å². The molecule has 94 valence electrons. The average Bonchev–Trinajstić information content (AvgIpc) is 2.80. The van der Waals surface area contributed by atoms with E-state index < -0.39 is 0 Å². The second-order valence-corrected chi connectivity index (χ2v) is 5.98. The molecule has 1 aromatic carbocycles. The molecule has 0 bridgehead atoms. The largest absolute Gasteiger partial charge is 0.314 e. The molecule has 1 heterocycles. The van der Waals surface area contributed by atoms with E-state index in [0.717, 1.165) is 4.47 Å². The van der Waals surface area contributed by atoms with Gasteiger partial charge in [0, 0.05) is 16.6 Å². The predicted molar refractivity (Wildman–Crippen MR) is 76.2 cm³/mol. The molecule has 2 unspecified atom stereocenters. The van der Waals surface area contributed by atoms with Gasteiger partial charge in [-0.25, -0.2) is 0 Å². The van der Waals surface area contributed by atoms with Gasteiger partial charge in [0.15, 0.2) is 0 Å². The first-order valence-electron chi connectivity index (χ1n) is 6.32. The van der Waals surface area contributed by atoms with Crippen molar-refractivity contribution in [2.24, 2.45) is 0 Å². The van der Waals surface area contributed by atoms with Crippen molar-refractivity contribution in [2.75, 3.05) is 20.6 Å². The fourth-order valence-electron chi connectivity index (χ4n) is 2.56. The Balaban J connectivity index is 2.08. The van der Waals surface area contributed by atoms with E-state index >= 15 is 0 Å². The van der Waals surface area contributed by atoms with Crippen LogP contribution in [0.4, 0.5) is 0 Å². The van der Waals surface area contributed by atoms with Gasteiger partial charge in [-0.3, -0.25) is 0 Å². The lowest BCUT2D eigenvalue weighted by Crippen LogP contribution is -2.29. The van der Waals surface area contributed by atoms with Crippen molar-refractivity contribution < 1.29 is 0 Å². The Morgan fingerprint density at radius 2 is 2.06 bits per heavy atom. The van der Waals surface area contributed by atoms with Crippen molar-refractivity contribution >= 4 is 15.9 Å². The van der Waals surface area contributed by atoms with Gasteiger partial charge < -0.3 is 10.2 Å². The van der Waals surface area contributed by atoms with Crippen molar-refractivity contribution in [3.8, 4) is 0 Å². The topological polar surface area (TPSA) is 15.3 Å². The molecule has 1 fully saturated rings. The standard InChI is InChI=1S/C14H21BrN2/c1-17(2)14(10-13-4-3-9-16-13)11-5-7-12(15)8-6-11/h5-8,13-14,16H,3-4,9-10H2,1-2H3. The van der Waals surface area contributed by atoms with Crippen LogP contribution < -0.4 is 5.32 Å². The van der Waals surface area contributed by atoms with Crippen LogP contribution in [-0.4, -0.2) is 31.6 Å². The number of halogens is 1. The third-order valence-electron chi connectivity index (χ3n) is 3.55. The van der Waals surface area contributed by atoms with Crippen molar-refractivity contribution in [1.29, 1.82) is 0 Å². The van der Waals surface area contributed by atoms with Crippen molar-refractivity contribution in [3.63, 3.8) is 0 Å². The van der Waals surface area contributed by atoms with Crippen LogP contribution in [0.25, 0.3) is 0 Å². The van der Waals surface area contributed by atoms with E-state index in [2.05, 4.69) is 64.5 Å². The van der Waals surface area contributed by atoms with Gasteiger partial charge in [0.25, 0.3) is 0 Å². The van der Waals surface area contributed by atoms with Crippen LogP contribution in [0.15, 0.2) is 28.7 Å². The van der Waals surface area contributed by atoms with E-state index in [9.17, 15) is 0 Å². The first-order chi connectivity index (χ1) is 8.16. The van der Waals surface area contributed by atoms with Crippen LogP contribution in [0.3, 0.4) is 0 Å². The molecule has 1 saturated heterocycles. The highest BCUT2D eigenvalue weighted by atomic mass is 79.9. The summed E-state index contributed by atoms with van der Waals surface area (Å²) in [6, 6.07) is 9.92. The molecule has 2 rings (SSSR count). The summed E-state index contributed by atoms with van der Waals surface area (Å²) >= 11 is 3.49. The number of nitrogens with one attached hydrogen (secondary N) is 1. The first kappa shape index (κ1) is 13.1. The van der Waals surface area contributed by atoms with Gasteiger partial charge in [0.1, 0.15) is 0 Å². The quantitative estimate of drug-likeness (QED) is 0.918. The van der Waals surface area contributed by atoms with E-state index in [1.165, 1.54) is 31.4 Å². The minimum absolute atomic E-state index is 0.513.